The maximum absolute atomic E-state index is 12.3. The zero-order valence-electron chi connectivity index (χ0n) is 14.4. The van der Waals surface area contributed by atoms with Crippen molar-refractivity contribution in [2.75, 3.05) is 0 Å². The monoisotopic (exact) mass is 337 g/mol. The third-order valence-corrected chi connectivity index (χ3v) is 3.63. The number of ketones is 1. The Morgan fingerprint density at radius 1 is 0.960 bits per heavy atom. The summed E-state index contributed by atoms with van der Waals surface area (Å²) < 4.78 is 10.7. The Labute approximate surface area is 146 Å². The first-order chi connectivity index (χ1) is 11.9. The van der Waals surface area contributed by atoms with E-state index in [9.17, 15) is 9.59 Å². The van der Waals surface area contributed by atoms with Crippen LogP contribution in [0, 0.1) is 18.3 Å². The van der Waals surface area contributed by atoms with E-state index in [2.05, 4.69) is 0 Å². The molecule has 0 radical (unpaired) electrons. The van der Waals surface area contributed by atoms with Crippen LogP contribution in [0.2, 0.25) is 0 Å². The number of hydrogen-bond donors (Lipinski definition) is 0. The van der Waals surface area contributed by atoms with Gasteiger partial charge >= 0.3 is 5.97 Å². The number of benzene rings is 2. The maximum Gasteiger partial charge on any atom is 0.347 e. The van der Waals surface area contributed by atoms with Crippen molar-refractivity contribution < 1.29 is 19.1 Å². The topological polar surface area (TPSA) is 76.4 Å². The molecule has 5 heteroatoms. The van der Waals surface area contributed by atoms with Gasteiger partial charge < -0.3 is 9.47 Å². The number of aryl methyl sites for hydroxylation is 1. The van der Waals surface area contributed by atoms with Crippen molar-refractivity contribution in [3.8, 4) is 11.8 Å². The van der Waals surface area contributed by atoms with Crippen LogP contribution in [0.1, 0.15) is 35.3 Å². The van der Waals surface area contributed by atoms with Gasteiger partial charge in [-0.25, -0.2) is 4.79 Å². The van der Waals surface area contributed by atoms with E-state index >= 15 is 0 Å². The first kappa shape index (κ1) is 18.2. The molecular formula is C20H19NO4. The Bertz CT molecular complexity index is 788. The molecule has 0 amide bonds. The fourth-order valence-electron chi connectivity index (χ4n) is 2.14. The number of hydrogen-bond acceptors (Lipinski definition) is 5. The SMILES string of the molecule is Cc1ccc(C(=O)[C@@H](C)OC(=O)[C@H](C)Oc2ccc(C#N)cc2)cc1. The van der Waals surface area contributed by atoms with Crippen LogP contribution in [-0.4, -0.2) is 24.0 Å². The lowest BCUT2D eigenvalue weighted by molar-refractivity contribution is -0.153. The normalized spacial score (nSPS) is 12.6. The summed E-state index contributed by atoms with van der Waals surface area (Å²) in [5, 5.41) is 8.76. The molecule has 2 rings (SSSR count). The van der Waals surface area contributed by atoms with E-state index in [1.807, 2.05) is 25.1 Å². The van der Waals surface area contributed by atoms with E-state index < -0.39 is 18.2 Å². The number of carbonyl (C=O) groups is 2. The molecule has 0 heterocycles. The van der Waals surface area contributed by atoms with Crippen molar-refractivity contribution in [3.05, 3.63) is 65.2 Å². The van der Waals surface area contributed by atoms with Gasteiger partial charge in [-0.3, -0.25) is 4.79 Å². The highest BCUT2D eigenvalue weighted by atomic mass is 16.6. The van der Waals surface area contributed by atoms with E-state index in [0.717, 1.165) is 5.56 Å². The zero-order valence-corrected chi connectivity index (χ0v) is 14.4. The van der Waals surface area contributed by atoms with Crippen molar-refractivity contribution in [1.82, 2.24) is 0 Å². The van der Waals surface area contributed by atoms with Crippen LogP contribution < -0.4 is 4.74 Å². The minimum Gasteiger partial charge on any atom is -0.479 e. The van der Waals surface area contributed by atoms with E-state index in [-0.39, 0.29) is 5.78 Å². The second-order valence-electron chi connectivity index (χ2n) is 5.71. The van der Waals surface area contributed by atoms with Gasteiger partial charge in [0, 0.05) is 5.56 Å². The molecule has 0 aliphatic rings. The third-order valence-electron chi connectivity index (χ3n) is 3.63. The first-order valence-electron chi connectivity index (χ1n) is 7.89. The number of nitriles is 1. The summed E-state index contributed by atoms with van der Waals surface area (Å²) >= 11 is 0. The summed E-state index contributed by atoms with van der Waals surface area (Å²) in [6.45, 7) is 5.01. The molecule has 0 saturated heterocycles. The van der Waals surface area contributed by atoms with E-state index in [1.54, 1.807) is 43.3 Å². The van der Waals surface area contributed by atoms with E-state index in [0.29, 0.717) is 16.9 Å². The lowest BCUT2D eigenvalue weighted by atomic mass is 10.1. The summed E-state index contributed by atoms with van der Waals surface area (Å²) in [6, 6.07) is 15.5. The molecule has 128 valence electrons. The van der Waals surface area contributed by atoms with Gasteiger partial charge in [0.25, 0.3) is 0 Å². The highest BCUT2D eigenvalue weighted by Crippen LogP contribution is 2.15. The Morgan fingerprint density at radius 3 is 2.12 bits per heavy atom. The lowest BCUT2D eigenvalue weighted by Crippen LogP contribution is -2.32. The highest BCUT2D eigenvalue weighted by Gasteiger charge is 2.24. The molecule has 0 aliphatic heterocycles. The molecule has 0 aromatic heterocycles. The zero-order chi connectivity index (χ0) is 18.4. The third kappa shape index (κ3) is 4.92. The van der Waals surface area contributed by atoms with Crippen molar-refractivity contribution in [3.63, 3.8) is 0 Å². The molecular weight excluding hydrogens is 318 g/mol. The van der Waals surface area contributed by atoms with Crippen LogP contribution >= 0.6 is 0 Å². The van der Waals surface area contributed by atoms with Gasteiger partial charge in [0.05, 0.1) is 11.6 Å². The van der Waals surface area contributed by atoms with Gasteiger partial charge in [0.2, 0.25) is 5.78 Å². The Morgan fingerprint density at radius 2 is 1.56 bits per heavy atom. The maximum atomic E-state index is 12.3. The lowest BCUT2D eigenvalue weighted by Gasteiger charge is -2.17. The van der Waals surface area contributed by atoms with Crippen molar-refractivity contribution >= 4 is 11.8 Å². The van der Waals surface area contributed by atoms with Gasteiger partial charge in [-0.15, -0.1) is 0 Å². The standard InChI is InChI=1S/C20H19NO4/c1-13-4-8-17(9-5-13)19(22)14(2)25-20(23)15(3)24-18-10-6-16(12-21)7-11-18/h4-11,14-15H,1-3H3/t14-,15+/m1/s1. The van der Waals surface area contributed by atoms with Crippen molar-refractivity contribution in [2.45, 2.75) is 33.0 Å². The minimum absolute atomic E-state index is 0.265. The predicted octanol–water partition coefficient (Wildman–Crippen LogP) is 3.45. The Hall–Kier alpha value is -3.13. The molecule has 25 heavy (non-hydrogen) atoms. The molecule has 0 fully saturated rings. The molecule has 5 nitrogen and oxygen atoms in total. The van der Waals surface area contributed by atoms with Gasteiger partial charge in [-0.05, 0) is 45.0 Å². The van der Waals surface area contributed by atoms with Crippen LogP contribution in [0.5, 0.6) is 5.75 Å². The number of Topliss-reactive ketones (excluding diaryl/α,β-unsaturated/α-hetero) is 1. The molecule has 0 bridgehead atoms. The average molecular weight is 337 g/mol. The van der Waals surface area contributed by atoms with Gasteiger partial charge in [-0.1, -0.05) is 29.8 Å². The molecule has 2 atom stereocenters. The number of nitrogens with zero attached hydrogens (tertiary/aromatic N) is 1. The summed E-state index contributed by atoms with van der Waals surface area (Å²) in [7, 11) is 0. The fraction of sp³-hybridized carbons (Fsp3) is 0.250. The highest BCUT2D eigenvalue weighted by molar-refractivity contribution is 6.00. The summed E-state index contributed by atoms with van der Waals surface area (Å²) in [5.41, 5.74) is 2.04. The molecule has 2 aromatic carbocycles. The van der Waals surface area contributed by atoms with Gasteiger partial charge in [-0.2, -0.15) is 5.26 Å². The van der Waals surface area contributed by atoms with Crippen LogP contribution in [0.25, 0.3) is 0 Å². The smallest absolute Gasteiger partial charge is 0.347 e. The van der Waals surface area contributed by atoms with E-state index in [4.69, 9.17) is 14.7 Å². The number of rotatable bonds is 6. The summed E-state index contributed by atoms with van der Waals surface area (Å²) in [5.74, 6) is -0.447. The molecule has 0 unspecified atom stereocenters. The van der Waals surface area contributed by atoms with E-state index in [1.165, 1.54) is 6.92 Å². The fourth-order valence-corrected chi connectivity index (χ4v) is 2.14. The molecule has 2 aromatic rings. The van der Waals surface area contributed by atoms with Crippen LogP contribution in [0.3, 0.4) is 0 Å². The van der Waals surface area contributed by atoms with Gasteiger partial charge in [0.15, 0.2) is 12.2 Å². The first-order valence-corrected chi connectivity index (χ1v) is 7.89. The number of esters is 1. The average Bonchev–Trinajstić information content (AvgIpc) is 2.62. The second kappa shape index (κ2) is 8.11. The number of ether oxygens (including phenoxy) is 2. The van der Waals surface area contributed by atoms with Gasteiger partial charge in [0.1, 0.15) is 5.75 Å². The summed E-state index contributed by atoms with van der Waals surface area (Å²) in [6.07, 6.45) is -1.77. The summed E-state index contributed by atoms with van der Waals surface area (Å²) in [4.78, 5) is 24.4. The van der Waals surface area contributed by atoms with Crippen molar-refractivity contribution in [1.29, 1.82) is 5.26 Å². The Balaban J connectivity index is 1.94. The molecule has 0 saturated carbocycles. The van der Waals surface area contributed by atoms with Crippen molar-refractivity contribution in [2.24, 2.45) is 0 Å². The molecule has 0 aliphatic carbocycles. The number of carbonyl (C=O) groups excluding carboxylic acids is 2. The van der Waals surface area contributed by atoms with Crippen LogP contribution in [-0.2, 0) is 9.53 Å². The molecule has 0 N–H and O–H groups in total. The Kier molecular flexibility index (Phi) is 5.91. The minimum atomic E-state index is -0.901. The largest absolute Gasteiger partial charge is 0.479 e. The molecule has 0 spiro atoms. The quantitative estimate of drug-likeness (QED) is 0.596. The van der Waals surface area contributed by atoms with Crippen LogP contribution in [0.4, 0.5) is 0 Å². The van der Waals surface area contributed by atoms with Crippen LogP contribution in [0.15, 0.2) is 48.5 Å². The predicted molar refractivity (Wildman–Crippen MR) is 92.3 cm³/mol. The second-order valence-corrected chi connectivity index (χ2v) is 5.71.